The number of unbranched alkanes of at least 4 members (excludes halogenated alkanes) is 7. The van der Waals surface area contributed by atoms with Gasteiger partial charge in [-0.3, -0.25) is 14.4 Å². The van der Waals surface area contributed by atoms with Gasteiger partial charge in [0.25, 0.3) is 0 Å². The zero-order valence-electron chi connectivity index (χ0n) is 20.3. The van der Waals surface area contributed by atoms with Gasteiger partial charge in [-0.25, -0.2) is 4.79 Å². The van der Waals surface area contributed by atoms with Crippen LogP contribution in [-0.2, 0) is 19.2 Å². The first-order valence-corrected chi connectivity index (χ1v) is 11.1. The molecule has 0 fully saturated rings. The van der Waals surface area contributed by atoms with E-state index in [0.29, 0.717) is 6.42 Å². The summed E-state index contributed by atoms with van der Waals surface area (Å²) < 4.78 is 0. The van der Waals surface area contributed by atoms with Gasteiger partial charge < -0.3 is 25.5 Å². The van der Waals surface area contributed by atoms with Crippen molar-refractivity contribution in [1.82, 2.24) is 0 Å². The van der Waals surface area contributed by atoms with E-state index in [4.69, 9.17) is 25.5 Å². The van der Waals surface area contributed by atoms with Crippen LogP contribution in [0.15, 0.2) is 36.5 Å². The molecule has 0 aromatic carbocycles. The van der Waals surface area contributed by atoms with E-state index in [-0.39, 0.29) is 29.6 Å². The molecule has 0 spiro atoms. The normalized spacial score (nSPS) is 11.2. The van der Waals surface area contributed by atoms with Crippen molar-refractivity contribution in [2.45, 2.75) is 89.6 Å². The molecule has 0 rings (SSSR count). The zero-order valence-corrected chi connectivity index (χ0v) is 22.3. The average Bonchev–Trinajstić information content (AvgIpc) is 2.70. The van der Waals surface area contributed by atoms with Crippen LogP contribution >= 0.6 is 0 Å². The van der Waals surface area contributed by atoms with Gasteiger partial charge in [-0.2, -0.15) is 0 Å². The van der Waals surface area contributed by atoms with Crippen LogP contribution < -0.4 is 0 Å². The number of aliphatic hydroxyl groups is 1. The molecule has 5 N–H and O–H groups in total. The van der Waals surface area contributed by atoms with Crippen molar-refractivity contribution in [3.8, 4) is 0 Å². The molecule has 34 heavy (non-hydrogen) atoms. The van der Waals surface area contributed by atoms with Crippen molar-refractivity contribution >= 4 is 53.4 Å². The first-order valence-electron chi connectivity index (χ1n) is 11.1. The summed E-state index contributed by atoms with van der Waals surface area (Å²) in [4.78, 5) is 40.8. The summed E-state index contributed by atoms with van der Waals surface area (Å²) in [5.74, 6) is -5.70. The summed E-state index contributed by atoms with van der Waals surface area (Å²) in [6.45, 7) is 2.21. The van der Waals surface area contributed by atoms with Crippen LogP contribution in [0.3, 0.4) is 0 Å². The van der Waals surface area contributed by atoms with Gasteiger partial charge in [0.05, 0.1) is 12.8 Å². The van der Waals surface area contributed by atoms with Crippen LogP contribution in [0.25, 0.3) is 0 Å². The van der Waals surface area contributed by atoms with Gasteiger partial charge in [0.1, 0.15) is 0 Å². The largest absolute Gasteiger partial charge is 0.481 e. The van der Waals surface area contributed by atoms with Gasteiger partial charge in [-0.05, 0) is 25.7 Å². The maximum atomic E-state index is 10.3. The van der Waals surface area contributed by atoms with E-state index in [9.17, 15) is 19.2 Å². The Kier molecular flexibility index (Phi) is 26.1. The number of hydrogen-bond donors (Lipinski definition) is 5. The average molecular weight is 494 g/mol. The molecule has 10 heteroatoms. The van der Waals surface area contributed by atoms with E-state index in [1.807, 2.05) is 0 Å². The third-order valence-electron chi connectivity index (χ3n) is 4.38. The Morgan fingerprint density at radius 2 is 1.09 bits per heavy atom. The molecule has 0 amide bonds. The van der Waals surface area contributed by atoms with Crippen molar-refractivity contribution in [3.05, 3.63) is 36.5 Å². The fraction of sp³-hybridized carbons (Fsp3) is 0.583. The van der Waals surface area contributed by atoms with Crippen LogP contribution in [0.5, 0.6) is 0 Å². The molecule has 0 aliphatic rings. The van der Waals surface area contributed by atoms with Gasteiger partial charge >= 0.3 is 23.9 Å². The molecular weight excluding hydrogens is 455 g/mol. The Morgan fingerprint density at radius 3 is 1.50 bits per heavy atom. The first kappa shape index (κ1) is 36.6. The van der Waals surface area contributed by atoms with E-state index >= 15 is 0 Å². The van der Waals surface area contributed by atoms with E-state index in [0.717, 1.165) is 25.7 Å². The maximum Gasteiger partial charge on any atom is 0.336 e. The summed E-state index contributed by atoms with van der Waals surface area (Å²) in [5, 5.41) is 42.3. The van der Waals surface area contributed by atoms with Gasteiger partial charge in [0.2, 0.25) is 0 Å². The molecule has 0 saturated heterocycles. The summed E-state index contributed by atoms with van der Waals surface area (Å²) >= 11 is 0. The fourth-order valence-corrected chi connectivity index (χ4v) is 2.58. The Labute approximate surface area is 223 Å². The van der Waals surface area contributed by atoms with E-state index in [1.165, 1.54) is 32.1 Å². The molecule has 0 heterocycles. The summed E-state index contributed by atoms with van der Waals surface area (Å²) in [6.07, 6.45) is 21.0. The number of aliphatic carboxylic acids is 4. The molecule has 1 radical (unpaired) electrons. The number of rotatable bonds is 18. The third kappa shape index (κ3) is 26.3. The molecule has 0 bridgehead atoms. The smallest absolute Gasteiger partial charge is 0.336 e. The molecule has 189 valence electrons. The fourth-order valence-electron chi connectivity index (χ4n) is 2.58. The summed E-state index contributed by atoms with van der Waals surface area (Å²) in [6, 6.07) is 0. The SMILES string of the molecule is CCCC\C=C/C=C/C=C\CCCCCCCC(=O)O.O=C(O)CC(O)(CC(=O)O)C(=O)O.[Na]. The molecule has 0 atom stereocenters. The number of carbonyl (C=O) groups is 4. The second-order valence-electron chi connectivity index (χ2n) is 7.56. The topological polar surface area (TPSA) is 169 Å². The predicted octanol–water partition coefficient (Wildman–Crippen LogP) is 4.03. The van der Waals surface area contributed by atoms with E-state index in [2.05, 4.69) is 43.4 Å². The number of carboxylic acids is 4. The monoisotopic (exact) mass is 493 g/mol. The first-order chi connectivity index (χ1) is 15.5. The van der Waals surface area contributed by atoms with Gasteiger partial charge in [-0.1, -0.05) is 75.5 Å². The maximum absolute atomic E-state index is 10.3. The second-order valence-corrected chi connectivity index (χ2v) is 7.56. The number of allylic oxidation sites excluding steroid dienone is 6. The third-order valence-corrected chi connectivity index (χ3v) is 4.38. The number of hydrogen-bond acceptors (Lipinski definition) is 5. The van der Waals surface area contributed by atoms with Crippen molar-refractivity contribution in [2.24, 2.45) is 0 Å². The van der Waals surface area contributed by atoms with Crippen LogP contribution in [0.4, 0.5) is 0 Å². The van der Waals surface area contributed by atoms with Gasteiger partial charge in [0, 0.05) is 36.0 Å². The minimum Gasteiger partial charge on any atom is -0.481 e. The van der Waals surface area contributed by atoms with Crippen molar-refractivity contribution in [2.75, 3.05) is 0 Å². The van der Waals surface area contributed by atoms with Crippen molar-refractivity contribution in [1.29, 1.82) is 0 Å². The molecule has 0 aromatic heterocycles. The Bertz CT molecular complexity index is 653. The molecule has 0 unspecified atom stereocenters. The van der Waals surface area contributed by atoms with Crippen LogP contribution in [0.2, 0.25) is 0 Å². The van der Waals surface area contributed by atoms with E-state index in [1.54, 1.807) is 0 Å². The van der Waals surface area contributed by atoms with Gasteiger partial charge in [-0.15, -0.1) is 0 Å². The molecule has 0 aromatic rings. The minimum absolute atomic E-state index is 0. The van der Waals surface area contributed by atoms with Gasteiger partial charge in [0.15, 0.2) is 5.60 Å². The second kappa shape index (κ2) is 24.2. The minimum atomic E-state index is -2.74. The summed E-state index contributed by atoms with van der Waals surface area (Å²) in [7, 11) is 0. The molecule has 0 saturated carbocycles. The predicted molar refractivity (Wildman–Crippen MR) is 130 cm³/mol. The molecule has 0 aliphatic heterocycles. The quantitative estimate of drug-likeness (QED) is 0.107. The van der Waals surface area contributed by atoms with Crippen LogP contribution in [-0.4, -0.2) is 84.6 Å². The van der Waals surface area contributed by atoms with Crippen LogP contribution in [0, 0.1) is 0 Å². The Morgan fingerprint density at radius 1 is 0.647 bits per heavy atom. The van der Waals surface area contributed by atoms with Crippen molar-refractivity contribution in [3.63, 3.8) is 0 Å². The number of carboxylic acid groups (broad SMARTS) is 4. The molecule has 9 nitrogen and oxygen atoms in total. The molecular formula is C24H38NaO9. The molecule has 0 aliphatic carbocycles. The Balaban J connectivity index is -0.000000598. The van der Waals surface area contributed by atoms with Crippen LogP contribution in [0.1, 0.15) is 84.0 Å². The van der Waals surface area contributed by atoms with E-state index < -0.39 is 42.3 Å². The van der Waals surface area contributed by atoms with Crippen molar-refractivity contribution < 1.29 is 44.7 Å². The zero-order chi connectivity index (χ0) is 25.5. The standard InChI is InChI=1S/C18H30O2.C6H8O7.Na/c1-2-3-4-5-6-7-8-9-10-11-12-13-14-15-16-17-18(19)20;7-3(8)1-6(13,5(11)12)2-4(9)10;/h5-10H,2-4,11-17H2,1H3,(H,19,20);13H,1-2H2,(H,7,8)(H,9,10)(H,11,12);/b6-5-,8-7+,10-9-;;. The Hall–Kier alpha value is -1.94. The summed E-state index contributed by atoms with van der Waals surface area (Å²) in [5.41, 5.74) is -2.74.